The Bertz CT molecular complexity index is 1170. The number of H-pyrrole nitrogens is 1. The Morgan fingerprint density at radius 3 is 2.55 bits per heavy atom. The fourth-order valence-electron chi connectivity index (χ4n) is 4.59. The molecule has 0 spiro atoms. The Kier molecular flexibility index (Phi) is 7.22. The lowest BCUT2D eigenvalue weighted by Gasteiger charge is -2.30. The summed E-state index contributed by atoms with van der Waals surface area (Å²) >= 11 is 0. The predicted octanol–water partition coefficient (Wildman–Crippen LogP) is 5.06. The van der Waals surface area contributed by atoms with E-state index in [1.807, 2.05) is 6.07 Å². The van der Waals surface area contributed by atoms with Crippen LogP contribution < -0.4 is 4.74 Å². The number of benzene rings is 2. The second kappa shape index (κ2) is 10.1. The molecule has 2 aromatic carbocycles. The van der Waals surface area contributed by atoms with Crippen molar-refractivity contribution in [2.75, 3.05) is 27.7 Å². The van der Waals surface area contributed by atoms with Crippen molar-refractivity contribution >= 4 is 10.0 Å². The van der Waals surface area contributed by atoms with Crippen LogP contribution in [0.1, 0.15) is 43.0 Å². The Labute approximate surface area is 197 Å². The molecular weight excluding hydrogens is 434 g/mol. The van der Waals surface area contributed by atoms with Gasteiger partial charge in [0.25, 0.3) is 0 Å². The van der Waals surface area contributed by atoms with Crippen molar-refractivity contribution in [1.82, 2.24) is 14.2 Å². The number of nitrogens with one attached hydrogen (secondary N) is 1. The number of nitrogens with zero attached hydrogens (tertiary/aromatic N) is 2. The maximum atomic E-state index is 12.7. The lowest BCUT2D eigenvalue weighted by Crippen LogP contribution is -2.28. The van der Waals surface area contributed by atoms with Crippen molar-refractivity contribution in [3.8, 4) is 17.0 Å². The van der Waals surface area contributed by atoms with Gasteiger partial charge in [-0.3, -0.25) is 4.90 Å². The zero-order chi connectivity index (χ0) is 23.4. The lowest BCUT2D eigenvalue weighted by molar-refractivity contribution is 0.190. The SMILES string of the molecule is COc1ccc(S(=O)(=O)N(C)C)cc1-c1ccc(CN2CCCCCC2c2ccccc2)[nH]1. The van der Waals surface area contributed by atoms with Gasteiger partial charge in [-0.05, 0) is 55.3 Å². The zero-order valence-electron chi connectivity index (χ0n) is 19.6. The normalized spacial score (nSPS) is 17.8. The predicted molar refractivity (Wildman–Crippen MR) is 132 cm³/mol. The summed E-state index contributed by atoms with van der Waals surface area (Å²) in [6.07, 6.45) is 4.88. The van der Waals surface area contributed by atoms with Crippen molar-refractivity contribution < 1.29 is 13.2 Å². The van der Waals surface area contributed by atoms with Gasteiger partial charge in [-0.2, -0.15) is 0 Å². The first-order valence-corrected chi connectivity index (χ1v) is 12.9. The molecule has 2 heterocycles. The Balaban J connectivity index is 1.62. The summed E-state index contributed by atoms with van der Waals surface area (Å²) in [5.41, 5.74) is 4.07. The molecule has 1 fully saturated rings. The van der Waals surface area contributed by atoms with Gasteiger partial charge in [-0.1, -0.05) is 43.2 Å². The van der Waals surface area contributed by atoms with Crippen LogP contribution in [0.4, 0.5) is 0 Å². The van der Waals surface area contributed by atoms with E-state index in [0.29, 0.717) is 11.8 Å². The van der Waals surface area contributed by atoms with Crippen LogP contribution in [-0.2, 0) is 16.6 Å². The van der Waals surface area contributed by atoms with Crippen molar-refractivity contribution in [2.45, 2.75) is 43.2 Å². The van der Waals surface area contributed by atoms with Gasteiger partial charge in [0, 0.05) is 43.6 Å². The number of hydrogen-bond acceptors (Lipinski definition) is 4. The number of methoxy groups -OCH3 is 1. The second-order valence-corrected chi connectivity index (χ2v) is 10.9. The van der Waals surface area contributed by atoms with Gasteiger partial charge in [0.05, 0.1) is 12.0 Å². The van der Waals surface area contributed by atoms with Crippen LogP contribution in [-0.4, -0.2) is 50.4 Å². The van der Waals surface area contributed by atoms with Crippen LogP contribution in [0.2, 0.25) is 0 Å². The zero-order valence-corrected chi connectivity index (χ0v) is 20.4. The van der Waals surface area contributed by atoms with Gasteiger partial charge in [0.1, 0.15) is 5.75 Å². The Morgan fingerprint density at radius 1 is 1.03 bits per heavy atom. The summed E-state index contributed by atoms with van der Waals surface area (Å²) in [5.74, 6) is 0.637. The molecule has 6 nitrogen and oxygen atoms in total. The number of rotatable bonds is 7. The maximum absolute atomic E-state index is 12.7. The highest BCUT2D eigenvalue weighted by Gasteiger charge is 2.24. The molecule has 1 N–H and O–H groups in total. The summed E-state index contributed by atoms with van der Waals surface area (Å²) in [6, 6.07) is 20.2. The van der Waals surface area contributed by atoms with E-state index < -0.39 is 10.0 Å². The minimum absolute atomic E-state index is 0.246. The molecule has 0 aliphatic carbocycles. The van der Waals surface area contributed by atoms with E-state index in [9.17, 15) is 8.42 Å². The molecule has 1 atom stereocenters. The first-order chi connectivity index (χ1) is 15.9. The summed E-state index contributed by atoms with van der Waals surface area (Å²) in [6.45, 7) is 1.88. The van der Waals surface area contributed by atoms with Gasteiger partial charge in [0.15, 0.2) is 0 Å². The van der Waals surface area contributed by atoms with Crippen molar-refractivity contribution in [3.63, 3.8) is 0 Å². The molecule has 4 rings (SSSR count). The number of likely N-dealkylation sites (tertiary alicyclic amines) is 1. The van der Waals surface area contributed by atoms with E-state index in [-0.39, 0.29) is 4.90 Å². The second-order valence-electron chi connectivity index (χ2n) is 8.79. The summed E-state index contributed by atoms with van der Waals surface area (Å²) in [5, 5.41) is 0. The van der Waals surface area contributed by atoms with Crippen LogP contribution in [0.5, 0.6) is 5.75 Å². The Hall–Kier alpha value is -2.61. The highest BCUT2D eigenvalue weighted by molar-refractivity contribution is 7.89. The molecule has 176 valence electrons. The summed E-state index contributed by atoms with van der Waals surface area (Å²) in [4.78, 5) is 6.33. The quantitative estimate of drug-likeness (QED) is 0.528. The van der Waals surface area contributed by atoms with Gasteiger partial charge in [-0.15, -0.1) is 0 Å². The molecule has 7 heteroatoms. The highest BCUT2D eigenvalue weighted by Crippen LogP contribution is 2.34. The number of ether oxygens (including phenoxy) is 1. The first-order valence-electron chi connectivity index (χ1n) is 11.5. The smallest absolute Gasteiger partial charge is 0.242 e. The molecule has 0 saturated carbocycles. The van der Waals surface area contributed by atoms with Crippen LogP contribution in [0.15, 0.2) is 65.6 Å². The number of sulfonamides is 1. The van der Waals surface area contributed by atoms with Crippen LogP contribution in [0, 0.1) is 0 Å². The van der Waals surface area contributed by atoms with Gasteiger partial charge < -0.3 is 9.72 Å². The third-order valence-electron chi connectivity index (χ3n) is 6.41. The number of aromatic amines is 1. The van der Waals surface area contributed by atoms with Crippen LogP contribution in [0.3, 0.4) is 0 Å². The molecular formula is C26H33N3O3S. The van der Waals surface area contributed by atoms with Gasteiger partial charge in [-0.25, -0.2) is 12.7 Å². The Morgan fingerprint density at radius 2 is 1.82 bits per heavy atom. The van der Waals surface area contributed by atoms with Gasteiger partial charge in [0.2, 0.25) is 10.0 Å². The minimum atomic E-state index is -3.53. The van der Waals surface area contributed by atoms with Gasteiger partial charge >= 0.3 is 0 Å². The van der Waals surface area contributed by atoms with E-state index in [0.717, 1.165) is 36.5 Å². The van der Waals surface area contributed by atoms with E-state index >= 15 is 0 Å². The van der Waals surface area contributed by atoms with E-state index in [2.05, 4.69) is 46.3 Å². The topological polar surface area (TPSA) is 65.6 Å². The monoisotopic (exact) mass is 467 g/mol. The number of hydrogen-bond donors (Lipinski definition) is 1. The molecule has 3 aromatic rings. The molecule has 0 amide bonds. The first kappa shape index (κ1) is 23.5. The molecule has 33 heavy (non-hydrogen) atoms. The van der Waals surface area contributed by atoms with Crippen LogP contribution in [0.25, 0.3) is 11.3 Å². The summed E-state index contributed by atoms with van der Waals surface area (Å²) in [7, 11) is 1.14. The van der Waals surface area contributed by atoms with E-state index in [1.165, 1.54) is 43.2 Å². The molecule has 0 bridgehead atoms. The molecule has 1 aromatic heterocycles. The fourth-order valence-corrected chi connectivity index (χ4v) is 5.52. The van der Waals surface area contributed by atoms with Crippen LogP contribution >= 0.6 is 0 Å². The lowest BCUT2D eigenvalue weighted by atomic mass is 10.0. The average Bonchev–Trinajstić information content (AvgIpc) is 3.16. The largest absolute Gasteiger partial charge is 0.496 e. The fraction of sp³-hybridized carbons (Fsp3) is 0.385. The van der Waals surface area contributed by atoms with E-state index in [4.69, 9.17) is 4.74 Å². The minimum Gasteiger partial charge on any atom is -0.496 e. The summed E-state index contributed by atoms with van der Waals surface area (Å²) < 4.78 is 32.1. The molecule has 1 saturated heterocycles. The highest BCUT2D eigenvalue weighted by atomic mass is 32.2. The van der Waals surface area contributed by atoms with Crippen molar-refractivity contribution in [2.24, 2.45) is 0 Å². The van der Waals surface area contributed by atoms with Crippen molar-refractivity contribution in [1.29, 1.82) is 0 Å². The molecule has 0 radical (unpaired) electrons. The maximum Gasteiger partial charge on any atom is 0.242 e. The van der Waals surface area contributed by atoms with E-state index in [1.54, 1.807) is 25.3 Å². The standard InChI is InChI=1S/C26H33N3O3S/c1-28(2)33(30,31)22-14-16-26(32-3)23(18-22)24-15-13-21(27-24)19-29-17-9-5-8-12-25(29)20-10-6-4-7-11-20/h4,6-7,10-11,13-16,18,25,27H,5,8-9,12,17,19H2,1-3H3. The molecule has 1 unspecified atom stereocenters. The van der Waals surface area contributed by atoms with Crippen molar-refractivity contribution in [3.05, 3.63) is 71.9 Å². The molecule has 1 aliphatic heterocycles. The third-order valence-corrected chi connectivity index (χ3v) is 8.22. The third kappa shape index (κ3) is 5.16. The molecule has 1 aliphatic rings. The number of aromatic nitrogens is 1. The average molecular weight is 468 g/mol.